The molecule has 6 rings (SSSR count). The first-order valence-electron chi connectivity index (χ1n) is 20.1. The smallest absolute Gasteiger partial charge is 0.456 e. The predicted molar refractivity (Wildman–Crippen MR) is 234 cm³/mol. The molecule has 1 aromatic carbocycles. The Morgan fingerprint density at radius 3 is 1.98 bits per heavy atom. The second-order valence-electron chi connectivity index (χ2n) is 17.4. The number of hydrogen-bond acceptors (Lipinski definition) is 17. The summed E-state index contributed by atoms with van der Waals surface area (Å²) < 4.78 is 42.0. The molecule has 4 aliphatic carbocycles. The molecule has 0 spiro atoms. The normalized spacial score (nSPS) is 32.5. The topological polar surface area (TPSA) is 243 Å². The number of aliphatic hydroxyl groups excluding tert-OH is 1. The Morgan fingerprint density at radius 2 is 1.48 bits per heavy atom. The van der Waals surface area contributed by atoms with E-state index in [1.807, 2.05) is 0 Å². The van der Waals surface area contributed by atoms with Crippen molar-refractivity contribution < 1.29 is 76.9 Å². The average Bonchev–Trinajstić information content (AvgIpc) is 4.05. The fourth-order valence-electron chi connectivity index (χ4n) is 9.67. The molecule has 65 heavy (non-hydrogen) atoms. The van der Waals surface area contributed by atoms with Crippen molar-refractivity contribution in [3.8, 4) is 0 Å². The summed E-state index contributed by atoms with van der Waals surface area (Å²) in [6.07, 6.45) is -13.1. The molecular formula is C41H48Cl7NO16. The van der Waals surface area contributed by atoms with Gasteiger partial charge in [0.05, 0.1) is 23.5 Å². The van der Waals surface area contributed by atoms with Gasteiger partial charge in [-0.25, -0.2) is 19.2 Å². The van der Waals surface area contributed by atoms with Gasteiger partial charge in [0.15, 0.2) is 23.6 Å². The Kier molecular flexibility index (Phi) is 16.0. The predicted octanol–water partition coefficient (Wildman–Crippen LogP) is 6.21. The standard InChI is InChI=1S/C41H47Cl6NO16.ClH/c1-18-22(60-33(53)27(50)26(48)20-11-12-20)14-39(56)31(63-32(52)21-9-7-6-8-10-21)29-37(5,30(51)28(25(18)36(39,3)4)62-35(55)59-17-41(45,46)47)23(61-34(54)58-16-40(42,43)44)13-24-38(29,15-57-24)64-19(2)49;/h6-10,20,22-24,26-29,31,50,56H,11-17,48H2,1-5H3;1H/t22-,23-,24+,26?,27?,28+,29-,31-,37+,38-,39+;/m0./s1. The fraction of sp³-hybridized carbons (Fsp3) is 0.659. The number of fused-ring (bicyclic) bond motifs is 5. The molecule has 11 atom stereocenters. The van der Waals surface area contributed by atoms with Gasteiger partial charge in [-0.1, -0.05) is 102 Å². The third-order valence-corrected chi connectivity index (χ3v) is 13.7. The third-order valence-electron chi connectivity index (χ3n) is 13.1. The fourth-order valence-corrected chi connectivity index (χ4v) is 10.00. The zero-order chi connectivity index (χ0) is 47.5. The first-order valence-corrected chi connectivity index (χ1v) is 22.3. The molecule has 0 radical (unpaired) electrons. The van der Waals surface area contributed by atoms with Crippen molar-refractivity contribution in [2.75, 3.05) is 19.8 Å². The highest BCUT2D eigenvalue weighted by atomic mass is 35.6. The lowest BCUT2D eigenvalue weighted by Gasteiger charge is -2.67. The summed E-state index contributed by atoms with van der Waals surface area (Å²) in [6, 6.07) is 6.58. The van der Waals surface area contributed by atoms with E-state index in [0.29, 0.717) is 12.8 Å². The number of alkyl halides is 6. The van der Waals surface area contributed by atoms with Gasteiger partial charge in [-0.3, -0.25) is 9.59 Å². The van der Waals surface area contributed by atoms with Gasteiger partial charge in [0.1, 0.15) is 43.2 Å². The molecule has 1 saturated heterocycles. The second-order valence-corrected chi connectivity index (χ2v) is 22.5. The van der Waals surface area contributed by atoms with E-state index >= 15 is 4.79 Å². The van der Waals surface area contributed by atoms with Gasteiger partial charge in [-0.05, 0) is 55.9 Å². The van der Waals surface area contributed by atoms with Crippen LogP contribution in [0.4, 0.5) is 9.59 Å². The van der Waals surface area contributed by atoms with Gasteiger partial charge in [-0.15, -0.1) is 12.4 Å². The van der Waals surface area contributed by atoms with E-state index in [4.69, 9.17) is 113 Å². The Labute approximate surface area is 409 Å². The molecule has 0 aromatic heterocycles. The summed E-state index contributed by atoms with van der Waals surface area (Å²) >= 11 is 35.1. The van der Waals surface area contributed by atoms with Crippen LogP contribution in [0, 0.1) is 22.7 Å². The number of ketones is 1. The highest BCUT2D eigenvalue weighted by Gasteiger charge is 2.79. The van der Waals surface area contributed by atoms with Crippen LogP contribution in [0.2, 0.25) is 0 Å². The van der Waals surface area contributed by atoms with E-state index in [1.54, 1.807) is 18.2 Å². The summed E-state index contributed by atoms with van der Waals surface area (Å²) in [6.45, 7) is 4.58. The second kappa shape index (κ2) is 19.4. The molecule has 2 bridgehead atoms. The molecular weight excluding hydrogens is 1010 g/mol. The molecule has 4 fully saturated rings. The van der Waals surface area contributed by atoms with Crippen LogP contribution in [0.15, 0.2) is 41.5 Å². The number of benzene rings is 1. The van der Waals surface area contributed by atoms with Crippen molar-refractivity contribution in [2.24, 2.45) is 28.4 Å². The Bertz CT molecular complexity index is 2060. The number of halogens is 7. The van der Waals surface area contributed by atoms with Crippen LogP contribution in [-0.2, 0) is 52.3 Å². The summed E-state index contributed by atoms with van der Waals surface area (Å²) in [5.41, 5.74) is -2.66. The number of ether oxygens (including phenoxy) is 8. The summed E-state index contributed by atoms with van der Waals surface area (Å²) in [4.78, 5) is 84.5. The first-order chi connectivity index (χ1) is 29.6. The van der Waals surface area contributed by atoms with Crippen LogP contribution in [0.5, 0.6) is 0 Å². The lowest BCUT2D eigenvalue weighted by molar-refractivity contribution is -0.346. The molecule has 2 unspecified atom stereocenters. The Balaban J connectivity index is 0.00000793. The molecule has 1 aliphatic heterocycles. The molecule has 0 amide bonds. The molecule has 1 heterocycles. The number of carbonyl (C=O) groups is 6. The maximum absolute atomic E-state index is 16.0. The van der Waals surface area contributed by atoms with E-state index in [-0.39, 0.29) is 35.0 Å². The zero-order valence-corrected chi connectivity index (χ0v) is 40.7. The summed E-state index contributed by atoms with van der Waals surface area (Å²) in [5.74, 6) is -6.12. The highest BCUT2D eigenvalue weighted by Crippen LogP contribution is 2.65. The molecule has 362 valence electrons. The average molecular weight is 1060 g/mol. The van der Waals surface area contributed by atoms with Crippen LogP contribution in [0.1, 0.15) is 70.7 Å². The van der Waals surface area contributed by atoms with Gasteiger partial charge in [0.2, 0.25) is 7.59 Å². The van der Waals surface area contributed by atoms with Crippen molar-refractivity contribution in [3.63, 3.8) is 0 Å². The number of esters is 3. The minimum absolute atomic E-state index is 0. The van der Waals surface area contributed by atoms with Crippen molar-refractivity contribution in [1.29, 1.82) is 0 Å². The van der Waals surface area contributed by atoms with Crippen molar-refractivity contribution in [2.45, 2.75) is 122 Å². The van der Waals surface area contributed by atoms with Gasteiger partial charge < -0.3 is 53.8 Å². The van der Waals surface area contributed by atoms with E-state index < -0.39 is 147 Å². The Morgan fingerprint density at radius 1 is 0.908 bits per heavy atom. The maximum Gasteiger partial charge on any atom is 0.509 e. The first kappa shape index (κ1) is 53.4. The number of rotatable bonds is 11. The molecule has 17 nitrogen and oxygen atoms in total. The van der Waals surface area contributed by atoms with Gasteiger partial charge in [0.25, 0.3) is 0 Å². The van der Waals surface area contributed by atoms with Crippen LogP contribution < -0.4 is 5.73 Å². The third kappa shape index (κ3) is 10.6. The number of hydrogen-bond donors (Lipinski definition) is 3. The largest absolute Gasteiger partial charge is 0.509 e. The number of Topliss-reactive ketones (excluding diaryl/α,β-unsaturated/α-hetero) is 1. The Hall–Kier alpha value is -2.55. The number of aliphatic hydroxyl groups is 2. The molecule has 3 saturated carbocycles. The minimum Gasteiger partial charge on any atom is -0.456 e. The molecule has 4 N–H and O–H groups in total. The van der Waals surface area contributed by atoms with Crippen molar-refractivity contribution in [3.05, 3.63) is 47.0 Å². The lowest BCUT2D eigenvalue weighted by atomic mass is 9.44. The molecule has 5 aliphatic rings. The van der Waals surface area contributed by atoms with Gasteiger partial charge in [0, 0.05) is 31.2 Å². The quantitative estimate of drug-likeness (QED) is 0.0965. The van der Waals surface area contributed by atoms with Crippen LogP contribution in [0.25, 0.3) is 0 Å². The maximum atomic E-state index is 16.0. The highest BCUT2D eigenvalue weighted by molar-refractivity contribution is 6.68. The van der Waals surface area contributed by atoms with E-state index in [1.165, 1.54) is 39.8 Å². The van der Waals surface area contributed by atoms with E-state index in [9.17, 15) is 34.2 Å². The minimum atomic E-state index is -2.54. The van der Waals surface area contributed by atoms with Crippen molar-refractivity contribution in [1.82, 2.24) is 0 Å². The molecule has 24 heteroatoms. The van der Waals surface area contributed by atoms with E-state index in [0.717, 1.165) is 6.92 Å². The number of nitrogens with two attached hydrogens (primary N) is 1. The van der Waals surface area contributed by atoms with E-state index in [2.05, 4.69) is 0 Å². The SMILES string of the molecule is CC(=O)O[C@@]12CO[C@@H]1C[C@H](OC(=O)OCC(Cl)(Cl)Cl)[C@@]1(C)C(=O)[C@H](OC(=O)OCC(Cl)(Cl)Cl)C3=C(C)[C@@H](OC(=O)C(O)C(N)C4CC4)C[C@@](O)([C@@H](OC(=O)c4ccccc4)[C@H]21)C3(C)C.Cl. The van der Waals surface area contributed by atoms with Crippen LogP contribution >= 0.6 is 82.0 Å². The van der Waals surface area contributed by atoms with Gasteiger partial charge in [-0.2, -0.15) is 0 Å². The molecule has 1 aromatic rings. The van der Waals surface area contributed by atoms with Gasteiger partial charge >= 0.3 is 30.2 Å². The van der Waals surface area contributed by atoms with Crippen molar-refractivity contribution >= 4 is 118 Å². The zero-order valence-electron chi connectivity index (χ0n) is 35.4. The van der Waals surface area contributed by atoms with Crippen LogP contribution in [-0.4, -0.2) is 127 Å². The van der Waals surface area contributed by atoms with Crippen LogP contribution in [0.3, 0.4) is 0 Å². The summed E-state index contributed by atoms with van der Waals surface area (Å²) in [7, 11) is 0. The lowest BCUT2D eigenvalue weighted by Crippen LogP contribution is -2.82. The number of carbonyl (C=O) groups excluding carboxylic acids is 6. The summed E-state index contributed by atoms with van der Waals surface area (Å²) in [5, 5.41) is 24.8. The monoisotopic (exact) mass is 1060 g/mol.